The molecule has 0 bridgehead atoms. The highest BCUT2D eigenvalue weighted by atomic mass is 16.1. The lowest BCUT2D eigenvalue weighted by Gasteiger charge is -1.77. The molecule has 0 unspecified atom stereocenters. The molecule has 3 heteroatoms. The second-order valence-corrected chi connectivity index (χ2v) is 3.18. The van der Waals surface area contributed by atoms with Crippen molar-refractivity contribution in [1.29, 1.82) is 0 Å². The molecular formula is C13H10N2O. The van der Waals surface area contributed by atoms with Gasteiger partial charge < -0.3 is 0 Å². The average molecular weight is 210 g/mol. The van der Waals surface area contributed by atoms with Crippen LogP contribution in [-0.2, 0) is 4.79 Å². The Hall–Kier alpha value is -2.29. The van der Waals surface area contributed by atoms with Crippen LogP contribution in [0, 0.1) is 0 Å². The summed E-state index contributed by atoms with van der Waals surface area (Å²) >= 11 is 0. The third-order valence-corrected chi connectivity index (χ3v) is 2.01. The van der Waals surface area contributed by atoms with Gasteiger partial charge in [0.25, 0.3) is 5.91 Å². The maximum Gasteiger partial charge on any atom is 0.270 e. The van der Waals surface area contributed by atoms with Gasteiger partial charge in [-0.2, -0.15) is 0 Å². The minimum atomic E-state index is -0.152. The van der Waals surface area contributed by atoms with Crippen LogP contribution in [-0.4, -0.2) is 10.9 Å². The van der Waals surface area contributed by atoms with Gasteiger partial charge in [0.15, 0.2) is 0 Å². The summed E-state index contributed by atoms with van der Waals surface area (Å²) in [6, 6.07) is 13.2. The summed E-state index contributed by atoms with van der Waals surface area (Å²) in [5, 5.41) is 1.71. The lowest BCUT2D eigenvalue weighted by Crippen LogP contribution is -2.19. The van der Waals surface area contributed by atoms with Crippen LogP contribution in [0.25, 0.3) is 6.08 Å². The van der Waals surface area contributed by atoms with Gasteiger partial charge in [-0.05, 0) is 18.2 Å². The quantitative estimate of drug-likeness (QED) is 0.642. The SMILES string of the molecule is O=C1C=c2ccccc2=N1.c1ccncc1. The molecule has 0 atom stereocenters. The zero-order valence-electron chi connectivity index (χ0n) is 8.58. The summed E-state index contributed by atoms with van der Waals surface area (Å²) in [6.45, 7) is 0. The van der Waals surface area contributed by atoms with Gasteiger partial charge in [-0.15, -0.1) is 0 Å². The number of nitrogens with zero attached hydrogens (tertiary/aromatic N) is 2. The molecule has 78 valence electrons. The molecule has 0 spiro atoms. The van der Waals surface area contributed by atoms with Gasteiger partial charge in [0.1, 0.15) is 0 Å². The summed E-state index contributed by atoms with van der Waals surface area (Å²) in [6.07, 6.45) is 5.04. The molecule has 0 fully saturated rings. The van der Waals surface area contributed by atoms with Gasteiger partial charge in [-0.25, -0.2) is 4.99 Å². The monoisotopic (exact) mass is 210 g/mol. The molecule has 2 aromatic rings. The maximum atomic E-state index is 10.7. The Morgan fingerprint density at radius 2 is 1.62 bits per heavy atom. The first-order chi connectivity index (χ1) is 7.86. The fraction of sp³-hybridized carbons (Fsp3) is 0. The summed E-state index contributed by atoms with van der Waals surface area (Å²) in [7, 11) is 0. The highest BCUT2D eigenvalue weighted by Crippen LogP contribution is 1.81. The molecule has 16 heavy (non-hydrogen) atoms. The van der Waals surface area contributed by atoms with Crippen molar-refractivity contribution in [2.45, 2.75) is 0 Å². The molecule has 0 N–H and O–H groups in total. The molecule has 0 saturated heterocycles. The number of hydrogen-bond acceptors (Lipinski definition) is 2. The summed E-state index contributed by atoms with van der Waals surface area (Å²) in [4.78, 5) is 18.2. The van der Waals surface area contributed by atoms with Crippen molar-refractivity contribution in [3.8, 4) is 0 Å². The normalized spacial score (nSPS) is 11.6. The van der Waals surface area contributed by atoms with E-state index in [1.807, 2.05) is 42.5 Å². The molecule has 3 rings (SSSR count). The zero-order chi connectivity index (χ0) is 11.2. The molecule has 2 heterocycles. The zero-order valence-corrected chi connectivity index (χ0v) is 8.58. The molecule has 1 aliphatic heterocycles. The second-order valence-electron chi connectivity index (χ2n) is 3.18. The van der Waals surface area contributed by atoms with E-state index in [4.69, 9.17) is 0 Å². The van der Waals surface area contributed by atoms with Crippen molar-refractivity contribution in [2.75, 3.05) is 0 Å². The van der Waals surface area contributed by atoms with Crippen molar-refractivity contribution in [1.82, 2.24) is 4.98 Å². The van der Waals surface area contributed by atoms with E-state index in [1.54, 1.807) is 12.4 Å². The van der Waals surface area contributed by atoms with E-state index in [2.05, 4.69) is 9.98 Å². The van der Waals surface area contributed by atoms with Crippen LogP contribution in [0.5, 0.6) is 0 Å². The van der Waals surface area contributed by atoms with Crippen molar-refractivity contribution >= 4 is 12.0 Å². The molecule has 0 saturated carbocycles. The summed E-state index contributed by atoms with van der Waals surface area (Å²) < 4.78 is 0. The Bertz CT molecular complexity index is 527. The fourth-order valence-electron chi connectivity index (χ4n) is 1.31. The Morgan fingerprint density at radius 1 is 0.875 bits per heavy atom. The standard InChI is InChI=1S/C8H5NO.C5H5N/c10-8-5-6-3-1-2-4-7(6)9-8;1-2-4-6-5-3-1/h1-5H;1-5H. The van der Waals surface area contributed by atoms with Crippen LogP contribution in [0.2, 0.25) is 0 Å². The fourth-order valence-corrected chi connectivity index (χ4v) is 1.31. The topological polar surface area (TPSA) is 42.3 Å². The molecular weight excluding hydrogens is 200 g/mol. The first-order valence-corrected chi connectivity index (χ1v) is 4.91. The number of hydrogen-bond donors (Lipinski definition) is 0. The molecule has 0 radical (unpaired) electrons. The van der Waals surface area contributed by atoms with Gasteiger partial charge in [0, 0.05) is 23.7 Å². The van der Waals surface area contributed by atoms with Crippen LogP contribution >= 0.6 is 0 Å². The molecule has 1 aromatic carbocycles. The molecule has 1 amide bonds. The largest absolute Gasteiger partial charge is 0.270 e. The number of carbonyl (C=O) groups excluding carboxylic acids is 1. The number of para-hydroxylation sites is 1. The van der Waals surface area contributed by atoms with Crippen molar-refractivity contribution in [2.24, 2.45) is 4.99 Å². The Kier molecular flexibility index (Phi) is 3.18. The number of fused-ring (bicyclic) bond motifs is 1. The number of carbonyl (C=O) groups is 1. The minimum absolute atomic E-state index is 0.152. The lowest BCUT2D eigenvalue weighted by molar-refractivity contribution is -0.112. The van der Waals surface area contributed by atoms with Crippen molar-refractivity contribution in [3.63, 3.8) is 0 Å². The summed E-state index contributed by atoms with van der Waals surface area (Å²) in [5.41, 5.74) is 0. The number of aromatic nitrogens is 1. The van der Waals surface area contributed by atoms with Crippen LogP contribution in [0.15, 0.2) is 59.9 Å². The third kappa shape index (κ3) is 2.60. The maximum absolute atomic E-state index is 10.7. The third-order valence-electron chi connectivity index (χ3n) is 2.01. The summed E-state index contributed by atoms with van der Waals surface area (Å²) in [5.74, 6) is -0.152. The Balaban J connectivity index is 0.000000138. The minimum Gasteiger partial charge on any atom is -0.267 e. The van der Waals surface area contributed by atoms with E-state index in [1.165, 1.54) is 6.08 Å². The first kappa shape index (κ1) is 10.2. The number of benzene rings is 1. The average Bonchev–Trinajstić information content (AvgIpc) is 2.72. The molecule has 0 aliphatic carbocycles. The van der Waals surface area contributed by atoms with Crippen LogP contribution in [0.3, 0.4) is 0 Å². The Morgan fingerprint density at radius 3 is 2.19 bits per heavy atom. The van der Waals surface area contributed by atoms with E-state index >= 15 is 0 Å². The highest BCUT2D eigenvalue weighted by Gasteiger charge is 1.99. The first-order valence-electron chi connectivity index (χ1n) is 4.91. The molecule has 1 aromatic heterocycles. The van der Waals surface area contributed by atoms with E-state index < -0.39 is 0 Å². The van der Waals surface area contributed by atoms with Crippen molar-refractivity contribution < 1.29 is 4.79 Å². The van der Waals surface area contributed by atoms with Gasteiger partial charge in [0.05, 0.1) is 5.36 Å². The number of pyridine rings is 1. The highest BCUT2D eigenvalue weighted by molar-refractivity contribution is 6.06. The van der Waals surface area contributed by atoms with Crippen LogP contribution in [0.4, 0.5) is 0 Å². The van der Waals surface area contributed by atoms with Gasteiger partial charge >= 0.3 is 0 Å². The van der Waals surface area contributed by atoms with Gasteiger partial charge in [-0.1, -0.05) is 24.3 Å². The second kappa shape index (κ2) is 4.98. The van der Waals surface area contributed by atoms with E-state index in [0.29, 0.717) is 0 Å². The number of amides is 1. The van der Waals surface area contributed by atoms with Crippen LogP contribution < -0.4 is 10.6 Å². The molecule has 1 aliphatic rings. The van der Waals surface area contributed by atoms with Crippen LogP contribution in [0.1, 0.15) is 0 Å². The number of rotatable bonds is 0. The molecule has 3 nitrogen and oxygen atoms in total. The predicted octanol–water partition coefficient (Wildman–Crippen LogP) is 0.709. The predicted molar refractivity (Wildman–Crippen MR) is 60.9 cm³/mol. The van der Waals surface area contributed by atoms with E-state index in [0.717, 1.165) is 10.6 Å². The van der Waals surface area contributed by atoms with Gasteiger partial charge in [-0.3, -0.25) is 9.78 Å². The van der Waals surface area contributed by atoms with Crippen molar-refractivity contribution in [3.05, 3.63) is 65.4 Å². The smallest absolute Gasteiger partial charge is 0.267 e. The van der Waals surface area contributed by atoms with E-state index in [9.17, 15) is 4.79 Å². The lowest BCUT2D eigenvalue weighted by atomic mass is 10.3. The Labute approximate surface area is 92.8 Å². The van der Waals surface area contributed by atoms with E-state index in [-0.39, 0.29) is 5.91 Å². The van der Waals surface area contributed by atoms with Gasteiger partial charge in [0.2, 0.25) is 0 Å².